The summed E-state index contributed by atoms with van der Waals surface area (Å²) in [7, 11) is 3.87. The highest BCUT2D eigenvalue weighted by Crippen LogP contribution is 2.15. The van der Waals surface area contributed by atoms with Crippen LogP contribution in [-0.2, 0) is 13.1 Å². The Bertz CT molecular complexity index is 607. The molecular weight excluding hydrogens is 280 g/mol. The molecule has 20 heavy (non-hydrogen) atoms. The molecular formula is C12H17ClN6O. The van der Waals surface area contributed by atoms with Gasteiger partial charge >= 0.3 is 0 Å². The lowest BCUT2D eigenvalue weighted by Crippen LogP contribution is -2.29. The van der Waals surface area contributed by atoms with Crippen LogP contribution in [-0.4, -0.2) is 45.3 Å². The first kappa shape index (κ1) is 14.5. The summed E-state index contributed by atoms with van der Waals surface area (Å²) in [6.07, 6.45) is 4.95. The number of nitrogens with zero attached hydrogens (tertiary/aromatic N) is 4. The Morgan fingerprint density at radius 1 is 1.50 bits per heavy atom. The number of aromatic amines is 1. The van der Waals surface area contributed by atoms with E-state index in [0.29, 0.717) is 18.8 Å². The molecule has 0 bridgehead atoms. The molecule has 0 saturated heterocycles. The van der Waals surface area contributed by atoms with Crippen molar-refractivity contribution in [1.29, 1.82) is 0 Å². The standard InChI is InChI=1S/C12H17ClN6O/c1-18(2)5-6-19-12(20)11(13)9(7-17-19)16-8-10-14-3-4-15-10/h3-4,7,16H,5-6,8H2,1-2H3,(H,14,15). The molecule has 0 fully saturated rings. The molecule has 2 N–H and O–H groups in total. The number of anilines is 1. The van der Waals surface area contributed by atoms with Gasteiger partial charge in [0.15, 0.2) is 0 Å². The maximum atomic E-state index is 12.0. The fourth-order valence-corrected chi connectivity index (χ4v) is 1.83. The SMILES string of the molecule is CN(C)CCn1ncc(NCc2ncc[nH]2)c(Cl)c1=O. The van der Waals surface area contributed by atoms with Crippen LogP contribution in [0.2, 0.25) is 5.02 Å². The zero-order chi connectivity index (χ0) is 14.5. The highest BCUT2D eigenvalue weighted by Gasteiger charge is 2.09. The van der Waals surface area contributed by atoms with E-state index in [4.69, 9.17) is 11.6 Å². The molecule has 0 atom stereocenters. The van der Waals surface area contributed by atoms with Gasteiger partial charge in [0.1, 0.15) is 10.8 Å². The first-order valence-electron chi connectivity index (χ1n) is 6.20. The molecule has 0 unspecified atom stereocenters. The van der Waals surface area contributed by atoms with Crippen LogP contribution in [0.25, 0.3) is 0 Å². The van der Waals surface area contributed by atoms with Gasteiger partial charge in [0.05, 0.1) is 25.0 Å². The van der Waals surface area contributed by atoms with Gasteiger partial charge in [0.25, 0.3) is 5.56 Å². The van der Waals surface area contributed by atoms with Gasteiger partial charge in [-0.15, -0.1) is 0 Å². The summed E-state index contributed by atoms with van der Waals surface area (Å²) in [4.78, 5) is 21.1. The second-order valence-corrected chi connectivity index (χ2v) is 4.97. The van der Waals surface area contributed by atoms with Crippen molar-refractivity contribution in [1.82, 2.24) is 24.6 Å². The average molecular weight is 297 g/mol. The van der Waals surface area contributed by atoms with Crippen LogP contribution in [0.4, 0.5) is 5.69 Å². The van der Waals surface area contributed by atoms with Crippen LogP contribution < -0.4 is 10.9 Å². The molecule has 0 aromatic carbocycles. The minimum absolute atomic E-state index is 0.144. The topological polar surface area (TPSA) is 78.8 Å². The normalized spacial score (nSPS) is 11.0. The lowest BCUT2D eigenvalue weighted by molar-refractivity contribution is 0.367. The molecule has 0 aliphatic carbocycles. The van der Waals surface area contributed by atoms with Gasteiger partial charge in [0, 0.05) is 18.9 Å². The summed E-state index contributed by atoms with van der Waals surface area (Å²) >= 11 is 6.07. The van der Waals surface area contributed by atoms with E-state index in [0.717, 1.165) is 12.4 Å². The fraction of sp³-hybridized carbons (Fsp3) is 0.417. The summed E-state index contributed by atoms with van der Waals surface area (Å²) < 4.78 is 1.36. The van der Waals surface area contributed by atoms with Crippen LogP contribution in [0, 0.1) is 0 Å². The Balaban J connectivity index is 2.08. The zero-order valence-corrected chi connectivity index (χ0v) is 12.2. The number of likely N-dealkylation sites (N-methyl/N-ethyl adjacent to an activating group) is 1. The number of rotatable bonds is 6. The van der Waals surface area contributed by atoms with Crippen LogP contribution >= 0.6 is 11.6 Å². The maximum Gasteiger partial charge on any atom is 0.287 e. The molecule has 0 amide bonds. The molecule has 0 radical (unpaired) electrons. The lowest BCUT2D eigenvalue weighted by Gasteiger charge is -2.12. The van der Waals surface area contributed by atoms with Gasteiger partial charge in [-0.05, 0) is 14.1 Å². The summed E-state index contributed by atoms with van der Waals surface area (Å²) in [6.45, 7) is 1.68. The third kappa shape index (κ3) is 3.58. The number of hydrogen-bond donors (Lipinski definition) is 2. The minimum atomic E-state index is -0.294. The van der Waals surface area contributed by atoms with Crippen molar-refractivity contribution in [2.24, 2.45) is 0 Å². The summed E-state index contributed by atoms with van der Waals surface area (Å²) in [6, 6.07) is 0. The van der Waals surface area contributed by atoms with Crippen LogP contribution in [0.5, 0.6) is 0 Å². The van der Waals surface area contributed by atoms with Crippen molar-refractivity contribution in [3.8, 4) is 0 Å². The van der Waals surface area contributed by atoms with Gasteiger partial charge in [-0.25, -0.2) is 9.67 Å². The van der Waals surface area contributed by atoms with E-state index in [2.05, 4.69) is 20.4 Å². The number of nitrogens with one attached hydrogen (secondary N) is 2. The number of H-pyrrole nitrogens is 1. The van der Waals surface area contributed by atoms with Gasteiger partial charge in [-0.2, -0.15) is 5.10 Å². The minimum Gasteiger partial charge on any atom is -0.375 e. The van der Waals surface area contributed by atoms with Crippen molar-refractivity contribution in [2.75, 3.05) is 26.0 Å². The van der Waals surface area contributed by atoms with E-state index in [1.165, 1.54) is 4.68 Å². The molecule has 2 aromatic rings. The monoisotopic (exact) mass is 296 g/mol. The Morgan fingerprint density at radius 3 is 2.95 bits per heavy atom. The van der Waals surface area contributed by atoms with Gasteiger partial charge in [0.2, 0.25) is 0 Å². The summed E-state index contributed by atoms with van der Waals surface area (Å²) in [5.41, 5.74) is 0.215. The van der Waals surface area contributed by atoms with Crippen molar-refractivity contribution < 1.29 is 0 Å². The van der Waals surface area contributed by atoms with Crippen molar-refractivity contribution >= 4 is 17.3 Å². The van der Waals surface area contributed by atoms with E-state index in [1.807, 2.05) is 19.0 Å². The lowest BCUT2D eigenvalue weighted by atomic mass is 10.4. The number of aromatic nitrogens is 4. The molecule has 2 aromatic heterocycles. The Morgan fingerprint density at radius 2 is 2.30 bits per heavy atom. The van der Waals surface area contributed by atoms with E-state index >= 15 is 0 Å². The molecule has 8 heteroatoms. The second kappa shape index (κ2) is 6.53. The average Bonchev–Trinajstić information content (AvgIpc) is 2.92. The first-order valence-corrected chi connectivity index (χ1v) is 6.58. The molecule has 7 nitrogen and oxygen atoms in total. The van der Waals surface area contributed by atoms with E-state index in [1.54, 1.807) is 18.6 Å². The van der Waals surface area contributed by atoms with Crippen LogP contribution in [0.1, 0.15) is 5.82 Å². The first-order chi connectivity index (χ1) is 9.58. The molecule has 0 aliphatic rings. The summed E-state index contributed by atoms with van der Waals surface area (Å²) in [5, 5.41) is 7.29. The van der Waals surface area contributed by atoms with Gasteiger partial charge in [-0.3, -0.25) is 4.79 Å². The Kier molecular flexibility index (Phi) is 4.75. The number of halogens is 1. The quantitative estimate of drug-likeness (QED) is 0.824. The maximum absolute atomic E-state index is 12.0. The largest absolute Gasteiger partial charge is 0.375 e. The van der Waals surface area contributed by atoms with E-state index in [9.17, 15) is 4.79 Å². The predicted octanol–water partition coefficient (Wildman–Crippen LogP) is 0.793. The number of hydrogen-bond acceptors (Lipinski definition) is 5. The molecule has 2 heterocycles. The zero-order valence-electron chi connectivity index (χ0n) is 11.4. The third-order valence-electron chi connectivity index (χ3n) is 2.75. The van der Waals surface area contributed by atoms with E-state index < -0.39 is 0 Å². The predicted molar refractivity (Wildman–Crippen MR) is 78.0 cm³/mol. The Labute approximate surface area is 121 Å². The van der Waals surface area contributed by atoms with Gasteiger partial charge in [-0.1, -0.05) is 11.6 Å². The van der Waals surface area contributed by atoms with Crippen LogP contribution in [0.15, 0.2) is 23.4 Å². The van der Waals surface area contributed by atoms with Crippen molar-refractivity contribution in [3.63, 3.8) is 0 Å². The molecule has 2 rings (SSSR count). The van der Waals surface area contributed by atoms with Gasteiger partial charge < -0.3 is 15.2 Å². The molecule has 0 aliphatic heterocycles. The smallest absolute Gasteiger partial charge is 0.287 e. The molecule has 0 spiro atoms. The van der Waals surface area contributed by atoms with E-state index in [-0.39, 0.29) is 10.6 Å². The summed E-state index contributed by atoms with van der Waals surface area (Å²) in [5.74, 6) is 0.762. The Hall–Kier alpha value is -1.86. The molecule has 0 saturated carbocycles. The second-order valence-electron chi connectivity index (χ2n) is 4.59. The third-order valence-corrected chi connectivity index (χ3v) is 3.11. The highest BCUT2D eigenvalue weighted by molar-refractivity contribution is 6.32. The van der Waals surface area contributed by atoms with Crippen molar-refractivity contribution in [2.45, 2.75) is 13.1 Å². The molecule has 108 valence electrons. The fourth-order valence-electron chi connectivity index (χ4n) is 1.62. The van der Waals surface area contributed by atoms with Crippen LogP contribution in [0.3, 0.4) is 0 Å². The highest BCUT2D eigenvalue weighted by atomic mass is 35.5. The van der Waals surface area contributed by atoms with Crippen molar-refractivity contribution in [3.05, 3.63) is 39.8 Å². The number of imidazole rings is 1.